The smallest absolute Gasteiger partial charge is 0.265 e. The number of pyridine rings is 1. The van der Waals surface area contributed by atoms with Crippen LogP contribution in [-0.2, 0) is 16.1 Å². The third-order valence-corrected chi connectivity index (χ3v) is 5.19. The van der Waals surface area contributed by atoms with Crippen LogP contribution in [0, 0.1) is 0 Å². The van der Waals surface area contributed by atoms with E-state index in [1.807, 2.05) is 0 Å². The Bertz CT molecular complexity index is 1180. The Kier molecular flexibility index (Phi) is 7.02. The van der Waals surface area contributed by atoms with Gasteiger partial charge in [0, 0.05) is 24.5 Å². The highest BCUT2D eigenvalue weighted by molar-refractivity contribution is 6.04. The van der Waals surface area contributed by atoms with Crippen molar-refractivity contribution in [2.24, 2.45) is 0 Å². The number of carbonyl (C=O) groups is 3. The molecule has 174 valence electrons. The quantitative estimate of drug-likeness (QED) is 0.488. The topological polar surface area (TPSA) is 107 Å². The van der Waals surface area contributed by atoms with E-state index in [0.717, 1.165) is 5.56 Å². The molecule has 2 heterocycles. The van der Waals surface area contributed by atoms with Crippen LogP contribution in [0.3, 0.4) is 0 Å². The molecule has 0 atom stereocenters. The van der Waals surface area contributed by atoms with Gasteiger partial charge in [-0.05, 0) is 60.2 Å². The molecule has 0 saturated carbocycles. The van der Waals surface area contributed by atoms with Crippen LogP contribution in [0.25, 0.3) is 0 Å². The van der Waals surface area contributed by atoms with Crippen molar-refractivity contribution in [2.45, 2.75) is 6.54 Å². The molecule has 1 aliphatic rings. The summed E-state index contributed by atoms with van der Waals surface area (Å²) < 4.78 is 16.1. The van der Waals surface area contributed by atoms with Crippen LogP contribution >= 0.6 is 0 Å². The van der Waals surface area contributed by atoms with Crippen molar-refractivity contribution in [1.29, 1.82) is 0 Å². The summed E-state index contributed by atoms with van der Waals surface area (Å²) in [6.45, 7) is -0.251. The highest BCUT2D eigenvalue weighted by atomic mass is 16.5. The predicted molar refractivity (Wildman–Crippen MR) is 123 cm³/mol. The average molecular weight is 461 g/mol. The van der Waals surface area contributed by atoms with E-state index in [1.54, 1.807) is 74.1 Å². The zero-order valence-corrected chi connectivity index (χ0v) is 18.5. The molecule has 1 aliphatic heterocycles. The number of nitrogens with zero attached hydrogens (tertiary/aromatic N) is 2. The number of ether oxygens (including phenoxy) is 3. The summed E-state index contributed by atoms with van der Waals surface area (Å²) in [5.41, 5.74) is 1.60. The maximum Gasteiger partial charge on any atom is 0.265 e. The van der Waals surface area contributed by atoms with Crippen LogP contribution in [-0.4, -0.2) is 49.4 Å². The van der Waals surface area contributed by atoms with Gasteiger partial charge in [-0.2, -0.15) is 0 Å². The number of fused-ring (bicyclic) bond motifs is 1. The number of aromatic nitrogens is 1. The monoisotopic (exact) mass is 461 g/mol. The second-order valence-electron chi connectivity index (χ2n) is 7.47. The standard InChI is InChI=1S/C25H23N3O6/c1-32-19-3-5-20(6-4-19)33-15-22(29)18-2-7-23-21(12-18)28(25(31)16-34-23)14-24(30)27-13-17-8-10-26-11-9-17/h2-12H,13-16H2,1H3,(H,27,30). The van der Waals surface area contributed by atoms with Crippen molar-refractivity contribution in [2.75, 3.05) is 31.8 Å². The van der Waals surface area contributed by atoms with Crippen molar-refractivity contribution < 1.29 is 28.6 Å². The van der Waals surface area contributed by atoms with E-state index in [1.165, 1.54) is 4.90 Å². The number of ketones is 1. The number of methoxy groups -OCH3 is 1. The molecule has 0 spiro atoms. The second kappa shape index (κ2) is 10.5. The molecule has 1 N–H and O–H groups in total. The van der Waals surface area contributed by atoms with Gasteiger partial charge in [-0.25, -0.2) is 0 Å². The molecule has 0 aliphatic carbocycles. The molecule has 0 radical (unpaired) electrons. The van der Waals surface area contributed by atoms with E-state index in [2.05, 4.69) is 10.3 Å². The van der Waals surface area contributed by atoms with E-state index < -0.39 is 0 Å². The fourth-order valence-corrected chi connectivity index (χ4v) is 3.35. The SMILES string of the molecule is COc1ccc(OCC(=O)c2ccc3c(c2)N(CC(=O)NCc2ccncc2)C(=O)CO3)cc1. The number of benzene rings is 2. The zero-order chi connectivity index (χ0) is 23.9. The van der Waals surface area contributed by atoms with Crippen LogP contribution in [0.2, 0.25) is 0 Å². The first-order chi connectivity index (χ1) is 16.5. The summed E-state index contributed by atoms with van der Waals surface area (Å²) >= 11 is 0. The van der Waals surface area contributed by atoms with Gasteiger partial charge in [0.05, 0.1) is 12.8 Å². The lowest BCUT2D eigenvalue weighted by Crippen LogP contribution is -2.45. The Morgan fingerprint density at radius 1 is 1.06 bits per heavy atom. The molecule has 9 heteroatoms. The number of amides is 2. The molecule has 34 heavy (non-hydrogen) atoms. The van der Waals surface area contributed by atoms with Crippen molar-refractivity contribution in [3.8, 4) is 17.2 Å². The van der Waals surface area contributed by atoms with Gasteiger partial charge in [-0.3, -0.25) is 24.3 Å². The lowest BCUT2D eigenvalue weighted by molar-refractivity contribution is -0.125. The Balaban J connectivity index is 1.42. The number of carbonyl (C=O) groups excluding carboxylic acids is 3. The first-order valence-corrected chi connectivity index (χ1v) is 10.6. The van der Waals surface area contributed by atoms with Gasteiger partial charge < -0.3 is 19.5 Å². The third-order valence-electron chi connectivity index (χ3n) is 5.19. The molecule has 4 rings (SSSR count). The molecular weight excluding hydrogens is 438 g/mol. The molecule has 1 aromatic heterocycles. The van der Waals surface area contributed by atoms with Gasteiger partial charge >= 0.3 is 0 Å². The Labute approximate surface area is 196 Å². The Morgan fingerprint density at radius 2 is 1.79 bits per heavy atom. The molecule has 3 aromatic rings. The second-order valence-corrected chi connectivity index (χ2v) is 7.47. The van der Waals surface area contributed by atoms with Gasteiger partial charge in [0.1, 0.15) is 23.8 Å². The number of nitrogens with one attached hydrogen (secondary N) is 1. The molecule has 0 unspecified atom stereocenters. The molecule has 9 nitrogen and oxygen atoms in total. The molecule has 2 amide bonds. The van der Waals surface area contributed by atoms with Gasteiger partial charge in [-0.15, -0.1) is 0 Å². The van der Waals surface area contributed by atoms with Crippen LogP contribution in [0.5, 0.6) is 17.2 Å². The summed E-state index contributed by atoms with van der Waals surface area (Å²) in [5.74, 6) is 0.650. The fraction of sp³-hybridized carbons (Fsp3) is 0.200. The molecule has 0 fully saturated rings. The van der Waals surface area contributed by atoms with Gasteiger partial charge in [0.2, 0.25) is 5.91 Å². The normalized spacial score (nSPS) is 12.4. The molecule has 0 saturated heterocycles. The van der Waals surface area contributed by atoms with E-state index >= 15 is 0 Å². The summed E-state index contributed by atoms with van der Waals surface area (Å²) in [5, 5.41) is 2.78. The Hall–Kier alpha value is -4.40. The van der Waals surface area contributed by atoms with Crippen LogP contribution < -0.4 is 24.4 Å². The zero-order valence-electron chi connectivity index (χ0n) is 18.5. The highest BCUT2D eigenvalue weighted by Gasteiger charge is 2.28. The third kappa shape index (κ3) is 5.50. The minimum atomic E-state index is -0.370. The number of anilines is 1. The highest BCUT2D eigenvalue weighted by Crippen LogP contribution is 2.33. The minimum Gasteiger partial charge on any atom is -0.497 e. The lowest BCUT2D eigenvalue weighted by Gasteiger charge is -2.29. The number of Topliss-reactive ketones (excluding diaryl/α,β-unsaturated/α-hetero) is 1. The maximum atomic E-state index is 12.7. The fourth-order valence-electron chi connectivity index (χ4n) is 3.35. The number of rotatable bonds is 9. The number of hydrogen-bond donors (Lipinski definition) is 1. The number of hydrogen-bond acceptors (Lipinski definition) is 7. The van der Waals surface area contributed by atoms with Gasteiger partial charge in [0.25, 0.3) is 5.91 Å². The maximum absolute atomic E-state index is 12.7. The Morgan fingerprint density at radius 3 is 2.53 bits per heavy atom. The van der Waals surface area contributed by atoms with Gasteiger partial charge in [-0.1, -0.05) is 0 Å². The molecule has 0 bridgehead atoms. The summed E-state index contributed by atoms with van der Waals surface area (Å²) in [4.78, 5) is 43.0. The van der Waals surface area contributed by atoms with Crippen molar-refractivity contribution in [1.82, 2.24) is 10.3 Å². The van der Waals surface area contributed by atoms with E-state index in [9.17, 15) is 14.4 Å². The van der Waals surface area contributed by atoms with E-state index in [0.29, 0.717) is 35.0 Å². The van der Waals surface area contributed by atoms with E-state index in [4.69, 9.17) is 14.2 Å². The van der Waals surface area contributed by atoms with Crippen LogP contribution in [0.4, 0.5) is 5.69 Å². The molecular formula is C25H23N3O6. The first-order valence-electron chi connectivity index (χ1n) is 10.6. The predicted octanol–water partition coefficient (Wildman–Crippen LogP) is 2.39. The van der Waals surface area contributed by atoms with Crippen LogP contribution in [0.1, 0.15) is 15.9 Å². The molecule has 2 aromatic carbocycles. The summed E-state index contributed by atoms with van der Waals surface area (Å²) in [6, 6.07) is 15.2. The minimum absolute atomic E-state index is 0.182. The van der Waals surface area contributed by atoms with Gasteiger partial charge in [0.15, 0.2) is 19.0 Å². The van der Waals surface area contributed by atoms with Crippen molar-refractivity contribution in [3.63, 3.8) is 0 Å². The largest absolute Gasteiger partial charge is 0.497 e. The van der Waals surface area contributed by atoms with E-state index in [-0.39, 0.29) is 37.4 Å². The van der Waals surface area contributed by atoms with Crippen LogP contribution in [0.15, 0.2) is 67.0 Å². The lowest BCUT2D eigenvalue weighted by atomic mass is 10.1. The average Bonchev–Trinajstić information content (AvgIpc) is 2.88. The summed E-state index contributed by atoms with van der Waals surface area (Å²) in [7, 11) is 1.57. The van der Waals surface area contributed by atoms with Crippen molar-refractivity contribution >= 4 is 23.3 Å². The van der Waals surface area contributed by atoms with Crippen molar-refractivity contribution in [3.05, 3.63) is 78.1 Å². The first kappa shape index (κ1) is 22.8. The summed E-state index contributed by atoms with van der Waals surface area (Å²) in [6.07, 6.45) is 3.28.